The van der Waals surface area contributed by atoms with Gasteiger partial charge in [0.15, 0.2) is 0 Å². The summed E-state index contributed by atoms with van der Waals surface area (Å²) in [7, 11) is 0. The van der Waals surface area contributed by atoms with Crippen molar-refractivity contribution in [1.82, 2.24) is 9.80 Å². The van der Waals surface area contributed by atoms with Gasteiger partial charge in [-0.2, -0.15) is 0 Å². The van der Waals surface area contributed by atoms with E-state index in [1.165, 1.54) is 49.9 Å². The predicted molar refractivity (Wildman–Crippen MR) is 98.5 cm³/mol. The molecule has 2 fully saturated rings. The van der Waals surface area contributed by atoms with Gasteiger partial charge in [-0.3, -0.25) is 9.69 Å². The smallest absolute Gasteiger partial charge is 0.225 e. The molecule has 4 nitrogen and oxygen atoms in total. The molecule has 0 bridgehead atoms. The van der Waals surface area contributed by atoms with E-state index in [0.717, 1.165) is 32.5 Å². The molecule has 3 aliphatic rings. The van der Waals surface area contributed by atoms with E-state index < -0.39 is 0 Å². The predicted octanol–water partition coefficient (Wildman–Crippen LogP) is 3.17. The summed E-state index contributed by atoms with van der Waals surface area (Å²) in [5, 5.41) is 0. The lowest BCUT2D eigenvalue weighted by atomic mass is 9.95. The van der Waals surface area contributed by atoms with Gasteiger partial charge < -0.3 is 9.64 Å². The average molecular weight is 342 g/mol. The van der Waals surface area contributed by atoms with E-state index in [9.17, 15) is 4.79 Å². The molecular weight excluding hydrogens is 312 g/mol. The van der Waals surface area contributed by atoms with Crippen molar-refractivity contribution in [2.75, 3.05) is 32.8 Å². The van der Waals surface area contributed by atoms with E-state index in [4.69, 9.17) is 4.74 Å². The molecule has 0 spiro atoms. The van der Waals surface area contributed by atoms with Crippen molar-refractivity contribution in [3.05, 3.63) is 35.4 Å². The van der Waals surface area contributed by atoms with Crippen LogP contribution in [-0.4, -0.2) is 54.5 Å². The molecule has 2 atom stereocenters. The number of hydrogen-bond donors (Lipinski definition) is 0. The molecule has 0 N–H and O–H groups in total. The molecule has 0 saturated carbocycles. The Morgan fingerprint density at radius 3 is 2.80 bits per heavy atom. The van der Waals surface area contributed by atoms with Crippen LogP contribution in [0, 0.1) is 0 Å². The fraction of sp³-hybridized carbons (Fsp3) is 0.667. The summed E-state index contributed by atoms with van der Waals surface area (Å²) < 4.78 is 5.95. The molecule has 2 saturated heterocycles. The van der Waals surface area contributed by atoms with Crippen LogP contribution in [0.15, 0.2) is 24.3 Å². The van der Waals surface area contributed by atoms with Gasteiger partial charge in [0.05, 0.1) is 19.1 Å². The van der Waals surface area contributed by atoms with E-state index in [2.05, 4.69) is 34.1 Å². The molecule has 3 aliphatic heterocycles. The minimum Gasteiger partial charge on any atom is -0.373 e. The topological polar surface area (TPSA) is 32.8 Å². The van der Waals surface area contributed by atoms with E-state index in [-0.39, 0.29) is 12.0 Å². The third-order valence-corrected chi connectivity index (χ3v) is 6.11. The first-order chi connectivity index (χ1) is 12.3. The Bertz CT molecular complexity index is 597. The fourth-order valence-electron chi connectivity index (χ4n) is 4.70. The second-order valence-electron chi connectivity index (χ2n) is 7.74. The van der Waals surface area contributed by atoms with Crippen LogP contribution >= 0.6 is 0 Å². The van der Waals surface area contributed by atoms with Gasteiger partial charge in [0, 0.05) is 19.1 Å². The first kappa shape index (κ1) is 17.0. The molecule has 1 aromatic carbocycles. The Kier molecular flexibility index (Phi) is 5.37. The number of likely N-dealkylation sites (tertiary alicyclic amines) is 2. The lowest BCUT2D eigenvalue weighted by Gasteiger charge is -2.41. The van der Waals surface area contributed by atoms with Crippen molar-refractivity contribution in [3.8, 4) is 0 Å². The molecule has 1 aromatic rings. The standard InChI is InChI=1S/C21H30N2O2/c24-21(15-20-19-9-3-2-7-17(19)10-14-25-20)23-13-6-8-18(16-23)22-11-4-1-5-12-22/h2-3,7,9,18,20H,1,4-6,8,10-16H2/t18-,20+/m0/s1. The lowest BCUT2D eigenvalue weighted by molar-refractivity contribution is -0.137. The number of benzene rings is 1. The highest BCUT2D eigenvalue weighted by Crippen LogP contribution is 2.30. The van der Waals surface area contributed by atoms with Crippen LogP contribution in [0.25, 0.3) is 0 Å². The number of rotatable bonds is 3. The van der Waals surface area contributed by atoms with Gasteiger partial charge in [0.2, 0.25) is 5.91 Å². The summed E-state index contributed by atoms with van der Waals surface area (Å²) in [4.78, 5) is 17.7. The monoisotopic (exact) mass is 342 g/mol. The van der Waals surface area contributed by atoms with Crippen molar-refractivity contribution in [2.45, 2.75) is 57.1 Å². The maximum atomic E-state index is 12.9. The lowest BCUT2D eigenvalue weighted by Crippen LogP contribution is -2.51. The zero-order chi connectivity index (χ0) is 17.1. The molecule has 0 unspecified atom stereocenters. The van der Waals surface area contributed by atoms with Gasteiger partial charge in [-0.05, 0) is 56.3 Å². The third-order valence-electron chi connectivity index (χ3n) is 6.11. The number of nitrogens with zero attached hydrogens (tertiary/aromatic N) is 2. The third kappa shape index (κ3) is 3.90. The Morgan fingerprint density at radius 2 is 1.92 bits per heavy atom. The number of hydrogen-bond acceptors (Lipinski definition) is 3. The van der Waals surface area contributed by atoms with Crippen LogP contribution in [-0.2, 0) is 16.0 Å². The molecular formula is C21H30N2O2. The Hall–Kier alpha value is -1.39. The van der Waals surface area contributed by atoms with Gasteiger partial charge >= 0.3 is 0 Å². The molecule has 136 valence electrons. The van der Waals surface area contributed by atoms with Gasteiger partial charge in [-0.15, -0.1) is 0 Å². The summed E-state index contributed by atoms with van der Waals surface area (Å²) in [5.41, 5.74) is 2.56. The second-order valence-corrected chi connectivity index (χ2v) is 7.74. The van der Waals surface area contributed by atoms with E-state index in [1.54, 1.807) is 0 Å². The summed E-state index contributed by atoms with van der Waals surface area (Å²) in [6, 6.07) is 8.99. The second kappa shape index (κ2) is 7.88. The molecule has 1 amide bonds. The van der Waals surface area contributed by atoms with Gasteiger partial charge in [-0.1, -0.05) is 30.7 Å². The number of amides is 1. The molecule has 0 aromatic heterocycles. The van der Waals surface area contributed by atoms with Crippen molar-refractivity contribution < 1.29 is 9.53 Å². The van der Waals surface area contributed by atoms with Crippen LogP contribution in [0.5, 0.6) is 0 Å². The summed E-state index contributed by atoms with van der Waals surface area (Å²) in [5.74, 6) is 0.267. The average Bonchev–Trinajstić information content (AvgIpc) is 2.69. The number of fused-ring (bicyclic) bond motifs is 1. The quantitative estimate of drug-likeness (QED) is 0.846. The number of piperidine rings is 2. The molecule has 3 heterocycles. The zero-order valence-electron chi connectivity index (χ0n) is 15.2. The molecule has 0 radical (unpaired) electrons. The normalized spacial score (nSPS) is 27.8. The molecule has 4 rings (SSSR count). The Labute approximate surface area is 151 Å². The SMILES string of the molecule is O=C(C[C@H]1OCCc2ccccc21)N1CCC[C@H](N2CCCCC2)C1. The maximum absolute atomic E-state index is 12.9. The fourth-order valence-corrected chi connectivity index (χ4v) is 4.70. The van der Waals surface area contributed by atoms with Crippen LogP contribution in [0.2, 0.25) is 0 Å². The van der Waals surface area contributed by atoms with Crippen molar-refractivity contribution in [3.63, 3.8) is 0 Å². The van der Waals surface area contributed by atoms with Crippen molar-refractivity contribution in [1.29, 1.82) is 0 Å². The number of carbonyl (C=O) groups is 1. The molecule has 4 heteroatoms. The van der Waals surface area contributed by atoms with Crippen LogP contribution in [0.3, 0.4) is 0 Å². The van der Waals surface area contributed by atoms with Crippen LogP contribution in [0.1, 0.15) is 55.8 Å². The number of carbonyl (C=O) groups excluding carboxylic acids is 1. The summed E-state index contributed by atoms with van der Waals surface area (Å²) in [6.45, 7) is 4.98. The first-order valence-corrected chi connectivity index (χ1v) is 10.0. The Morgan fingerprint density at radius 1 is 1.08 bits per heavy atom. The van der Waals surface area contributed by atoms with E-state index in [1.807, 2.05) is 0 Å². The van der Waals surface area contributed by atoms with Gasteiger partial charge in [0.25, 0.3) is 0 Å². The minimum atomic E-state index is -0.0622. The van der Waals surface area contributed by atoms with Crippen LogP contribution in [0.4, 0.5) is 0 Å². The summed E-state index contributed by atoms with van der Waals surface area (Å²) >= 11 is 0. The number of ether oxygens (including phenoxy) is 1. The van der Waals surface area contributed by atoms with Gasteiger partial charge in [-0.25, -0.2) is 0 Å². The maximum Gasteiger partial charge on any atom is 0.225 e. The van der Waals surface area contributed by atoms with Gasteiger partial charge in [0.1, 0.15) is 0 Å². The summed E-state index contributed by atoms with van der Waals surface area (Å²) in [6.07, 6.45) is 7.76. The first-order valence-electron chi connectivity index (χ1n) is 10.0. The highest BCUT2D eigenvalue weighted by molar-refractivity contribution is 5.77. The minimum absolute atomic E-state index is 0.0622. The van der Waals surface area contributed by atoms with Crippen LogP contribution < -0.4 is 0 Å². The largest absolute Gasteiger partial charge is 0.373 e. The zero-order valence-corrected chi connectivity index (χ0v) is 15.2. The van der Waals surface area contributed by atoms with Crippen molar-refractivity contribution >= 4 is 5.91 Å². The Balaban J connectivity index is 1.38. The van der Waals surface area contributed by atoms with E-state index >= 15 is 0 Å². The van der Waals surface area contributed by atoms with E-state index in [0.29, 0.717) is 12.5 Å². The van der Waals surface area contributed by atoms with Crippen molar-refractivity contribution in [2.24, 2.45) is 0 Å². The molecule has 0 aliphatic carbocycles. The highest BCUT2D eigenvalue weighted by Gasteiger charge is 2.31. The molecule has 25 heavy (non-hydrogen) atoms. The highest BCUT2D eigenvalue weighted by atomic mass is 16.5.